The molecule has 156 valence electrons. The van der Waals surface area contributed by atoms with Gasteiger partial charge in [-0.2, -0.15) is 0 Å². The summed E-state index contributed by atoms with van der Waals surface area (Å²) in [4.78, 5) is 26.4. The van der Waals surface area contributed by atoms with E-state index in [9.17, 15) is 18.0 Å². The number of nitrogens with zero attached hydrogens (tertiary/aromatic N) is 1. The Morgan fingerprint density at radius 1 is 0.897 bits per heavy atom. The van der Waals surface area contributed by atoms with Gasteiger partial charge in [0.25, 0.3) is 5.91 Å². The predicted molar refractivity (Wildman–Crippen MR) is 115 cm³/mol. The van der Waals surface area contributed by atoms with Crippen LogP contribution in [0.2, 0.25) is 0 Å². The van der Waals surface area contributed by atoms with E-state index >= 15 is 0 Å². The number of carbonyl (C=O) groups is 2. The van der Waals surface area contributed by atoms with Crippen LogP contribution in [0.5, 0.6) is 0 Å². The number of sulfone groups is 1. The third-order valence-electron chi connectivity index (χ3n) is 4.27. The van der Waals surface area contributed by atoms with E-state index in [0.717, 1.165) is 12.8 Å². The van der Waals surface area contributed by atoms with Gasteiger partial charge in [0.15, 0.2) is 9.84 Å². The molecule has 0 bridgehead atoms. The molecule has 0 aliphatic rings. The first-order chi connectivity index (χ1) is 13.8. The molecule has 0 heterocycles. The summed E-state index contributed by atoms with van der Waals surface area (Å²) in [6, 6.07) is 15.3. The van der Waals surface area contributed by atoms with Crippen LogP contribution < -0.4 is 5.32 Å². The summed E-state index contributed by atoms with van der Waals surface area (Å²) < 4.78 is 24.7. The van der Waals surface area contributed by atoms with Gasteiger partial charge in [-0.05, 0) is 42.7 Å². The Bertz CT molecular complexity index is 904. The van der Waals surface area contributed by atoms with Crippen molar-refractivity contribution < 1.29 is 18.0 Å². The number of anilines is 1. The quantitative estimate of drug-likeness (QED) is 0.642. The Kier molecular flexibility index (Phi) is 8.39. The summed E-state index contributed by atoms with van der Waals surface area (Å²) in [5, 5.41) is 2.58. The van der Waals surface area contributed by atoms with E-state index in [2.05, 4.69) is 5.32 Å². The molecule has 0 atom stereocenters. The van der Waals surface area contributed by atoms with Crippen molar-refractivity contribution in [2.24, 2.45) is 0 Å². The number of para-hydroxylation sites is 1. The van der Waals surface area contributed by atoms with Crippen LogP contribution in [-0.4, -0.2) is 44.0 Å². The number of hydrogen-bond donors (Lipinski definition) is 1. The highest BCUT2D eigenvalue weighted by molar-refractivity contribution is 7.91. The number of nitrogens with one attached hydrogen (secondary N) is 1. The van der Waals surface area contributed by atoms with E-state index in [-0.39, 0.29) is 11.7 Å². The molecule has 29 heavy (non-hydrogen) atoms. The SMILES string of the molecule is CCCN(CCC)C(=O)c1ccc(CS(=O)(=O)CC(=O)Nc2ccccc2)cc1. The third kappa shape index (κ3) is 7.34. The number of carbonyl (C=O) groups excluding carboxylic acids is 2. The van der Waals surface area contributed by atoms with Crippen molar-refractivity contribution in [3.8, 4) is 0 Å². The molecule has 6 nitrogen and oxygen atoms in total. The van der Waals surface area contributed by atoms with Crippen molar-refractivity contribution in [3.05, 3.63) is 65.7 Å². The summed E-state index contributed by atoms with van der Waals surface area (Å²) in [7, 11) is -3.63. The first-order valence-electron chi connectivity index (χ1n) is 9.78. The van der Waals surface area contributed by atoms with Crippen LogP contribution in [0, 0.1) is 0 Å². The summed E-state index contributed by atoms with van der Waals surface area (Å²) in [5.41, 5.74) is 1.64. The monoisotopic (exact) mass is 416 g/mol. The Morgan fingerprint density at radius 3 is 2.03 bits per heavy atom. The van der Waals surface area contributed by atoms with Crippen LogP contribution in [0.1, 0.15) is 42.6 Å². The van der Waals surface area contributed by atoms with Crippen LogP contribution >= 0.6 is 0 Å². The largest absolute Gasteiger partial charge is 0.339 e. The van der Waals surface area contributed by atoms with Gasteiger partial charge < -0.3 is 10.2 Å². The zero-order valence-corrected chi connectivity index (χ0v) is 17.7. The molecule has 2 aromatic rings. The molecule has 1 N–H and O–H groups in total. The van der Waals surface area contributed by atoms with Gasteiger partial charge in [0, 0.05) is 24.3 Å². The fraction of sp³-hybridized carbons (Fsp3) is 0.364. The van der Waals surface area contributed by atoms with Crippen molar-refractivity contribution in [2.45, 2.75) is 32.4 Å². The summed E-state index contributed by atoms with van der Waals surface area (Å²) >= 11 is 0. The van der Waals surface area contributed by atoms with E-state index in [1.54, 1.807) is 53.4 Å². The van der Waals surface area contributed by atoms with E-state index in [1.807, 2.05) is 19.9 Å². The average molecular weight is 417 g/mol. The maximum absolute atomic E-state index is 12.6. The molecule has 0 unspecified atom stereocenters. The Morgan fingerprint density at radius 2 is 1.48 bits per heavy atom. The molecule has 2 rings (SSSR count). The first-order valence-corrected chi connectivity index (χ1v) is 11.6. The van der Waals surface area contributed by atoms with Crippen LogP contribution in [0.25, 0.3) is 0 Å². The average Bonchev–Trinajstić information content (AvgIpc) is 2.67. The lowest BCUT2D eigenvalue weighted by Crippen LogP contribution is -2.32. The van der Waals surface area contributed by atoms with Crippen molar-refractivity contribution in [1.29, 1.82) is 0 Å². The molecule has 0 aliphatic carbocycles. The topological polar surface area (TPSA) is 83.6 Å². The first kappa shape index (κ1) is 22.6. The van der Waals surface area contributed by atoms with E-state index in [0.29, 0.717) is 29.9 Å². The van der Waals surface area contributed by atoms with Crippen LogP contribution in [0.4, 0.5) is 5.69 Å². The molecule has 0 fully saturated rings. The maximum Gasteiger partial charge on any atom is 0.253 e. The lowest BCUT2D eigenvalue weighted by molar-refractivity contribution is -0.113. The third-order valence-corrected chi connectivity index (χ3v) is 5.75. The van der Waals surface area contributed by atoms with Gasteiger partial charge in [-0.1, -0.05) is 44.2 Å². The molecule has 0 saturated carbocycles. The van der Waals surface area contributed by atoms with E-state index in [1.165, 1.54) is 0 Å². The smallest absolute Gasteiger partial charge is 0.253 e. The van der Waals surface area contributed by atoms with Crippen molar-refractivity contribution in [3.63, 3.8) is 0 Å². The van der Waals surface area contributed by atoms with Crippen LogP contribution in [-0.2, 0) is 20.4 Å². The molecule has 2 aromatic carbocycles. The van der Waals surface area contributed by atoms with Crippen molar-refractivity contribution in [1.82, 2.24) is 4.90 Å². The number of benzene rings is 2. The highest BCUT2D eigenvalue weighted by Crippen LogP contribution is 2.13. The Labute approximate surface area is 172 Å². The second-order valence-electron chi connectivity index (χ2n) is 6.94. The van der Waals surface area contributed by atoms with Crippen LogP contribution in [0.15, 0.2) is 54.6 Å². The Balaban J connectivity index is 1.98. The normalized spacial score (nSPS) is 11.1. The van der Waals surface area contributed by atoms with Crippen molar-refractivity contribution in [2.75, 3.05) is 24.2 Å². The maximum atomic E-state index is 12.6. The van der Waals surface area contributed by atoms with Gasteiger partial charge in [-0.15, -0.1) is 0 Å². The summed E-state index contributed by atoms with van der Waals surface area (Å²) in [6.07, 6.45) is 1.76. The van der Waals surface area contributed by atoms with Crippen molar-refractivity contribution >= 4 is 27.3 Å². The number of hydrogen-bond acceptors (Lipinski definition) is 4. The second kappa shape index (κ2) is 10.8. The van der Waals surface area contributed by atoms with E-state index < -0.39 is 21.5 Å². The minimum absolute atomic E-state index is 0.0506. The fourth-order valence-corrected chi connectivity index (χ4v) is 4.28. The summed E-state index contributed by atoms with van der Waals surface area (Å²) in [5.74, 6) is -1.47. The highest BCUT2D eigenvalue weighted by atomic mass is 32.2. The summed E-state index contributed by atoms with van der Waals surface area (Å²) in [6.45, 7) is 5.44. The second-order valence-corrected chi connectivity index (χ2v) is 9.00. The molecule has 7 heteroatoms. The van der Waals surface area contributed by atoms with Gasteiger partial charge in [0.2, 0.25) is 5.91 Å². The standard InChI is InChI=1S/C22H28N2O4S/c1-3-14-24(15-4-2)22(26)19-12-10-18(11-13-19)16-29(27,28)17-21(25)23-20-8-6-5-7-9-20/h5-13H,3-4,14-17H2,1-2H3,(H,23,25). The molecular weight excluding hydrogens is 388 g/mol. The van der Waals surface area contributed by atoms with Gasteiger partial charge in [-0.3, -0.25) is 9.59 Å². The number of rotatable bonds is 10. The molecular formula is C22H28N2O4S. The van der Waals surface area contributed by atoms with Gasteiger partial charge in [0.05, 0.1) is 5.75 Å². The Hall–Kier alpha value is -2.67. The lowest BCUT2D eigenvalue weighted by Gasteiger charge is -2.21. The zero-order valence-electron chi connectivity index (χ0n) is 16.9. The minimum Gasteiger partial charge on any atom is -0.339 e. The van der Waals surface area contributed by atoms with Gasteiger partial charge in [0.1, 0.15) is 5.75 Å². The molecule has 0 spiro atoms. The molecule has 0 aliphatic heterocycles. The zero-order chi connectivity index (χ0) is 21.3. The molecule has 0 saturated heterocycles. The lowest BCUT2D eigenvalue weighted by atomic mass is 10.1. The molecule has 2 amide bonds. The number of amides is 2. The molecule has 0 radical (unpaired) electrons. The highest BCUT2D eigenvalue weighted by Gasteiger charge is 2.19. The predicted octanol–water partition coefficient (Wildman–Crippen LogP) is 3.50. The minimum atomic E-state index is -3.63. The van der Waals surface area contributed by atoms with Gasteiger partial charge in [-0.25, -0.2) is 8.42 Å². The fourth-order valence-electron chi connectivity index (χ4n) is 3.00. The van der Waals surface area contributed by atoms with E-state index in [4.69, 9.17) is 0 Å². The van der Waals surface area contributed by atoms with Crippen LogP contribution in [0.3, 0.4) is 0 Å². The molecule has 0 aromatic heterocycles. The van der Waals surface area contributed by atoms with Gasteiger partial charge >= 0.3 is 0 Å².